The predicted octanol–water partition coefficient (Wildman–Crippen LogP) is 2.37. The minimum atomic E-state index is -0.619. The molecular formula is C17H28N2O2S. The van der Waals surface area contributed by atoms with Crippen molar-refractivity contribution in [3.63, 3.8) is 0 Å². The second kappa shape index (κ2) is 8.09. The molecule has 0 amide bonds. The van der Waals surface area contributed by atoms with E-state index in [-0.39, 0.29) is 0 Å². The van der Waals surface area contributed by atoms with Gasteiger partial charge in [0, 0.05) is 37.1 Å². The molecule has 1 aromatic rings. The van der Waals surface area contributed by atoms with E-state index in [0.29, 0.717) is 12.6 Å². The smallest absolute Gasteiger partial charge is 0.119 e. The zero-order valence-corrected chi connectivity index (χ0v) is 14.7. The Morgan fingerprint density at radius 2 is 1.95 bits per heavy atom. The first-order valence-corrected chi connectivity index (χ1v) is 9.27. The highest BCUT2D eigenvalue weighted by Gasteiger charge is 2.24. The van der Waals surface area contributed by atoms with Crippen molar-refractivity contribution in [1.29, 1.82) is 0 Å². The van der Waals surface area contributed by atoms with E-state index in [0.717, 1.165) is 37.4 Å². The van der Waals surface area contributed by atoms with E-state index in [1.807, 2.05) is 25.3 Å². The molecule has 2 N–H and O–H groups in total. The zero-order valence-electron chi connectivity index (χ0n) is 13.8. The summed E-state index contributed by atoms with van der Waals surface area (Å²) in [5, 5.41) is 13.7. The van der Waals surface area contributed by atoms with Gasteiger partial charge in [-0.3, -0.25) is 0 Å². The zero-order chi connectivity index (χ0) is 16.0. The number of piperidine rings is 1. The third-order valence-electron chi connectivity index (χ3n) is 4.16. The van der Waals surface area contributed by atoms with Crippen molar-refractivity contribution in [2.75, 3.05) is 43.7 Å². The first-order chi connectivity index (χ1) is 10.5. The maximum absolute atomic E-state index is 10.2. The highest BCUT2D eigenvalue weighted by molar-refractivity contribution is 7.98. The molecule has 1 fully saturated rings. The van der Waals surface area contributed by atoms with Gasteiger partial charge in [-0.2, -0.15) is 11.8 Å². The Kier molecular flexibility index (Phi) is 6.41. The Morgan fingerprint density at radius 1 is 1.32 bits per heavy atom. The third-order valence-corrected chi connectivity index (χ3v) is 5.07. The van der Waals surface area contributed by atoms with Gasteiger partial charge in [-0.15, -0.1) is 0 Å². The molecule has 0 bridgehead atoms. The van der Waals surface area contributed by atoms with Crippen LogP contribution < -0.4 is 15.0 Å². The van der Waals surface area contributed by atoms with Crippen molar-refractivity contribution < 1.29 is 9.84 Å². The fourth-order valence-corrected chi connectivity index (χ4v) is 3.59. The van der Waals surface area contributed by atoms with Crippen molar-refractivity contribution in [3.8, 4) is 5.75 Å². The lowest BCUT2D eigenvalue weighted by molar-refractivity contribution is 0.0802. The summed E-state index contributed by atoms with van der Waals surface area (Å²) in [7, 11) is 1.69. The first-order valence-electron chi connectivity index (χ1n) is 7.88. The van der Waals surface area contributed by atoms with Crippen molar-refractivity contribution >= 4 is 17.4 Å². The number of nitrogens with zero attached hydrogens (tertiary/aromatic N) is 1. The fraction of sp³-hybridized carbons (Fsp3) is 0.647. The van der Waals surface area contributed by atoms with E-state index in [1.165, 1.54) is 5.69 Å². The van der Waals surface area contributed by atoms with Gasteiger partial charge < -0.3 is 20.1 Å². The molecule has 1 atom stereocenters. The number of benzene rings is 1. The van der Waals surface area contributed by atoms with Crippen LogP contribution in [0.1, 0.15) is 19.8 Å². The van der Waals surface area contributed by atoms with Crippen LogP contribution in [0.3, 0.4) is 0 Å². The average Bonchev–Trinajstić information content (AvgIpc) is 2.54. The lowest BCUT2D eigenvalue weighted by Crippen LogP contribution is -2.48. The predicted molar refractivity (Wildman–Crippen MR) is 95.2 cm³/mol. The molecule has 124 valence electrons. The minimum absolute atomic E-state index is 0.503. The van der Waals surface area contributed by atoms with Gasteiger partial charge in [0.2, 0.25) is 0 Å². The van der Waals surface area contributed by atoms with Gasteiger partial charge in [0.15, 0.2) is 0 Å². The average molecular weight is 324 g/mol. The van der Waals surface area contributed by atoms with Crippen molar-refractivity contribution in [2.24, 2.45) is 0 Å². The Labute approximate surface area is 138 Å². The number of nitrogens with one attached hydrogen (secondary N) is 1. The minimum Gasteiger partial charge on any atom is -0.497 e. The first kappa shape index (κ1) is 17.4. The third kappa shape index (κ3) is 5.07. The topological polar surface area (TPSA) is 44.7 Å². The molecule has 0 aliphatic carbocycles. The quantitative estimate of drug-likeness (QED) is 0.806. The van der Waals surface area contributed by atoms with Crippen molar-refractivity contribution in [2.45, 2.75) is 31.4 Å². The van der Waals surface area contributed by atoms with Crippen LogP contribution in [-0.2, 0) is 0 Å². The number of hydrogen-bond donors (Lipinski definition) is 2. The van der Waals surface area contributed by atoms with Crippen molar-refractivity contribution in [1.82, 2.24) is 5.32 Å². The summed E-state index contributed by atoms with van der Waals surface area (Å²) >= 11 is 1.69. The number of hydrogen-bond acceptors (Lipinski definition) is 5. The summed E-state index contributed by atoms with van der Waals surface area (Å²) in [6.45, 7) is 4.67. The molecule has 0 aromatic heterocycles. The van der Waals surface area contributed by atoms with Gasteiger partial charge in [0.1, 0.15) is 5.75 Å². The van der Waals surface area contributed by atoms with Gasteiger partial charge in [-0.1, -0.05) is 0 Å². The molecule has 1 saturated heterocycles. The lowest BCUT2D eigenvalue weighted by Gasteiger charge is -2.35. The molecule has 1 unspecified atom stereocenters. The number of aliphatic hydroxyl groups is 1. The second-order valence-corrected chi connectivity index (χ2v) is 7.14. The molecule has 5 heteroatoms. The maximum Gasteiger partial charge on any atom is 0.119 e. The number of anilines is 1. The van der Waals surface area contributed by atoms with E-state index in [9.17, 15) is 5.11 Å². The summed E-state index contributed by atoms with van der Waals surface area (Å²) in [6, 6.07) is 8.77. The van der Waals surface area contributed by atoms with Crippen LogP contribution in [0.25, 0.3) is 0 Å². The van der Waals surface area contributed by atoms with Gasteiger partial charge in [-0.25, -0.2) is 0 Å². The largest absolute Gasteiger partial charge is 0.497 e. The molecule has 0 saturated carbocycles. The summed E-state index contributed by atoms with van der Waals surface area (Å²) in [6.07, 6.45) is 4.25. The van der Waals surface area contributed by atoms with Crippen LogP contribution >= 0.6 is 11.8 Å². The van der Waals surface area contributed by atoms with Crippen LogP contribution in [-0.4, -0.2) is 55.5 Å². The summed E-state index contributed by atoms with van der Waals surface area (Å²) < 4.78 is 5.20. The summed E-state index contributed by atoms with van der Waals surface area (Å²) in [5.74, 6) is 1.67. The second-order valence-electron chi connectivity index (χ2n) is 6.27. The van der Waals surface area contributed by atoms with E-state index < -0.39 is 5.60 Å². The van der Waals surface area contributed by atoms with Crippen LogP contribution in [0, 0.1) is 0 Å². The van der Waals surface area contributed by atoms with Gasteiger partial charge in [0.25, 0.3) is 0 Å². The number of rotatable bonds is 7. The standard InChI is InChI=1S/C17H28N2O2S/c1-17(20,13-22-3)12-18-14-8-10-19(11-9-14)15-4-6-16(21-2)7-5-15/h4-7,14,18,20H,8-13H2,1-3H3. The Hall–Kier alpha value is -0.910. The SMILES string of the molecule is COc1ccc(N2CCC(NCC(C)(O)CSC)CC2)cc1. The van der Waals surface area contributed by atoms with Crippen LogP contribution in [0.15, 0.2) is 24.3 Å². The highest BCUT2D eigenvalue weighted by atomic mass is 32.2. The summed E-state index contributed by atoms with van der Waals surface area (Å²) in [4.78, 5) is 2.41. The molecule has 0 spiro atoms. The van der Waals surface area contributed by atoms with E-state index in [4.69, 9.17) is 4.74 Å². The molecule has 2 rings (SSSR count). The van der Waals surface area contributed by atoms with E-state index in [2.05, 4.69) is 22.3 Å². The number of methoxy groups -OCH3 is 1. The molecule has 22 heavy (non-hydrogen) atoms. The molecule has 1 aromatic carbocycles. The van der Waals surface area contributed by atoms with Gasteiger partial charge >= 0.3 is 0 Å². The highest BCUT2D eigenvalue weighted by Crippen LogP contribution is 2.23. The van der Waals surface area contributed by atoms with E-state index >= 15 is 0 Å². The summed E-state index contributed by atoms with van der Waals surface area (Å²) in [5.41, 5.74) is 0.639. The molecular weight excluding hydrogens is 296 g/mol. The Bertz CT molecular complexity index is 442. The Balaban J connectivity index is 1.77. The van der Waals surface area contributed by atoms with E-state index in [1.54, 1.807) is 18.9 Å². The monoisotopic (exact) mass is 324 g/mol. The molecule has 0 radical (unpaired) electrons. The van der Waals surface area contributed by atoms with Crippen LogP contribution in [0.2, 0.25) is 0 Å². The van der Waals surface area contributed by atoms with Gasteiger partial charge in [0.05, 0.1) is 12.7 Å². The maximum atomic E-state index is 10.2. The van der Waals surface area contributed by atoms with Crippen LogP contribution in [0.5, 0.6) is 5.75 Å². The number of ether oxygens (including phenoxy) is 1. The van der Waals surface area contributed by atoms with Gasteiger partial charge in [-0.05, 0) is 50.3 Å². The fourth-order valence-electron chi connectivity index (χ4n) is 2.86. The lowest BCUT2D eigenvalue weighted by atomic mass is 10.0. The van der Waals surface area contributed by atoms with Crippen molar-refractivity contribution in [3.05, 3.63) is 24.3 Å². The Morgan fingerprint density at radius 3 is 2.50 bits per heavy atom. The normalized spacial score (nSPS) is 19.0. The van der Waals surface area contributed by atoms with Crippen LogP contribution in [0.4, 0.5) is 5.69 Å². The molecule has 1 heterocycles. The number of thioether (sulfide) groups is 1. The molecule has 4 nitrogen and oxygen atoms in total. The molecule has 1 aliphatic heterocycles. The molecule has 1 aliphatic rings.